The van der Waals surface area contributed by atoms with Gasteiger partial charge in [0.2, 0.25) is 11.8 Å². The number of rotatable bonds is 5. The number of fused-ring (bicyclic) bond motifs is 1. The molecular weight excluding hydrogens is 461 g/mol. The predicted octanol–water partition coefficient (Wildman–Crippen LogP) is 7.11. The van der Waals surface area contributed by atoms with Crippen molar-refractivity contribution in [1.82, 2.24) is 9.97 Å². The van der Waals surface area contributed by atoms with Crippen molar-refractivity contribution < 1.29 is 13.6 Å². The molecule has 1 N–H and O–H groups in total. The van der Waals surface area contributed by atoms with E-state index >= 15 is 0 Å². The van der Waals surface area contributed by atoms with E-state index in [9.17, 15) is 4.79 Å². The van der Waals surface area contributed by atoms with E-state index in [-0.39, 0.29) is 5.91 Å². The normalized spacial score (nSPS) is 11.3. The van der Waals surface area contributed by atoms with Gasteiger partial charge in [0.05, 0.1) is 15.6 Å². The minimum atomic E-state index is -0.316. The molecule has 0 aliphatic carbocycles. The molecule has 0 aliphatic heterocycles. The molecule has 3 aromatic heterocycles. The van der Waals surface area contributed by atoms with Crippen LogP contribution >= 0.6 is 23.2 Å². The molecule has 0 saturated heterocycles. The molecular formula is C25H15Cl2N3O3. The van der Waals surface area contributed by atoms with E-state index in [1.165, 1.54) is 6.08 Å². The number of amides is 1. The van der Waals surface area contributed by atoms with E-state index < -0.39 is 0 Å². The van der Waals surface area contributed by atoms with Crippen LogP contribution in [-0.4, -0.2) is 15.9 Å². The van der Waals surface area contributed by atoms with Crippen molar-refractivity contribution in [3.05, 3.63) is 94.9 Å². The third-order valence-corrected chi connectivity index (χ3v) is 5.63. The average Bonchev–Trinajstić information content (AvgIpc) is 3.47. The van der Waals surface area contributed by atoms with E-state index in [1.54, 1.807) is 60.9 Å². The fraction of sp³-hybridized carbons (Fsp3) is 0. The van der Waals surface area contributed by atoms with Crippen LogP contribution in [-0.2, 0) is 4.79 Å². The van der Waals surface area contributed by atoms with Gasteiger partial charge in [-0.25, -0.2) is 4.98 Å². The molecule has 0 saturated carbocycles. The van der Waals surface area contributed by atoms with Crippen molar-refractivity contribution in [3.8, 4) is 22.8 Å². The molecule has 0 fully saturated rings. The lowest BCUT2D eigenvalue weighted by molar-refractivity contribution is -0.111. The molecule has 0 aliphatic rings. The maximum Gasteiger partial charge on any atom is 0.248 e. The van der Waals surface area contributed by atoms with E-state index in [4.69, 9.17) is 32.0 Å². The van der Waals surface area contributed by atoms with Crippen LogP contribution in [0.2, 0.25) is 10.0 Å². The highest BCUT2D eigenvalue weighted by molar-refractivity contribution is 6.43. The molecule has 8 heteroatoms. The lowest BCUT2D eigenvalue weighted by atomic mass is 10.2. The fourth-order valence-electron chi connectivity index (χ4n) is 3.24. The van der Waals surface area contributed by atoms with Crippen LogP contribution in [0.5, 0.6) is 0 Å². The third kappa shape index (κ3) is 4.53. The summed E-state index contributed by atoms with van der Waals surface area (Å²) in [5.41, 5.74) is 3.29. The fourth-order valence-corrected chi connectivity index (χ4v) is 3.63. The second kappa shape index (κ2) is 8.94. The van der Waals surface area contributed by atoms with Gasteiger partial charge in [0.25, 0.3) is 0 Å². The first-order valence-electron chi connectivity index (χ1n) is 9.91. The Morgan fingerprint density at radius 2 is 1.91 bits per heavy atom. The topological polar surface area (TPSA) is 81.2 Å². The van der Waals surface area contributed by atoms with Crippen molar-refractivity contribution in [2.24, 2.45) is 0 Å². The average molecular weight is 476 g/mol. The van der Waals surface area contributed by atoms with Gasteiger partial charge in [0.15, 0.2) is 5.58 Å². The molecule has 0 radical (unpaired) electrons. The number of benzene rings is 2. The van der Waals surface area contributed by atoms with Crippen molar-refractivity contribution in [3.63, 3.8) is 0 Å². The summed E-state index contributed by atoms with van der Waals surface area (Å²) in [5, 5.41) is 3.67. The van der Waals surface area contributed by atoms with Crippen molar-refractivity contribution in [2.75, 3.05) is 5.32 Å². The number of anilines is 1. The summed E-state index contributed by atoms with van der Waals surface area (Å²) < 4.78 is 11.5. The lowest BCUT2D eigenvalue weighted by Gasteiger charge is -2.02. The summed E-state index contributed by atoms with van der Waals surface area (Å²) in [6.07, 6.45) is 6.32. The maximum absolute atomic E-state index is 12.4. The first-order valence-corrected chi connectivity index (χ1v) is 10.7. The number of carbonyl (C=O) groups excluding carboxylic acids is 1. The molecule has 2 aromatic carbocycles. The third-order valence-electron chi connectivity index (χ3n) is 4.81. The molecule has 162 valence electrons. The number of hydrogen-bond acceptors (Lipinski definition) is 5. The van der Waals surface area contributed by atoms with E-state index in [1.807, 2.05) is 18.2 Å². The Morgan fingerprint density at radius 1 is 1.00 bits per heavy atom. The number of carbonyl (C=O) groups is 1. The quantitative estimate of drug-likeness (QED) is 0.274. The van der Waals surface area contributed by atoms with Gasteiger partial charge < -0.3 is 14.2 Å². The van der Waals surface area contributed by atoms with Gasteiger partial charge in [0.1, 0.15) is 17.0 Å². The van der Waals surface area contributed by atoms with Gasteiger partial charge >= 0.3 is 0 Å². The Morgan fingerprint density at radius 3 is 2.76 bits per heavy atom. The van der Waals surface area contributed by atoms with Crippen LogP contribution in [0.25, 0.3) is 40.0 Å². The molecule has 0 unspecified atom stereocenters. The predicted molar refractivity (Wildman–Crippen MR) is 129 cm³/mol. The number of hydrogen-bond donors (Lipinski definition) is 1. The Bertz CT molecular complexity index is 1490. The molecule has 33 heavy (non-hydrogen) atoms. The molecule has 6 nitrogen and oxygen atoms in total. The Labute approximate surface area is 198 Å². The number of furan rings is 1. The van der Waals surface area contributed by atoms with Gasteiger partial charge in [-0.2, -0.15) is 0 Å². The highest BCUT2D eigenvalue weighted by Gasteiger charge is 2.11. The van der Waals surface area contributed by atoms with Gasteiger partial charge in [0, 0.05) is 29.7 Å². The summed E-state index contributed by atoms with van der Waals surface area (Å²) in [4.78, 5) is 20.9. The van der Waals surface area contributed by atoms with Crippen LogP contribution in [0.4, 0.5) is 5.69 Å². The molecule has 5 aromatic rings. The first-order chi connectivity index (χ1) is 16.1. The standard InChI is InChI=1S/C25H15Cl2N3O3/c26-19-5-1-4-18(24(19)27)21-10-7-17(32-21)8-11-23(31)29-16-6-9-22-20(13-16)30-25(33-22)15-3-2-12-28-14-15/h1-14H,(H,29,31). The number of halogens is 2. The minimum absolute atomic E-state index is 0.316. The largest absolute Gasteiger partial charge is 0.457 e. The van der Waals surface area contributed by atoms with Gasteiger partial charge in [-0.3, -0.25) is 9.78 Å². The summed E-state index contributed by atoms with van der Waals surface area (Å²) in [5.74, 6) is 1.21. The van der Waals surface area contributed by atoms with Crippen molar-refractivity contribution in [2.45, 2.75) is 0 Å². The first kappa shape index (κ1) is 21.0. The second-order valence-corrected chi connectivity index (χ2v) is 7.85. The van der Waals surface area contributed by atoms with Crippen LogP contribution in [0, 0.1) is 0 Å². The molecule has 0 spiro atoms. The molecule has 5 rings (SSSR count). The molecule has 0 bridgehead atoms. The van der Waals surface area contributed by atoms with Gasteiger partial charge in [-0.15, -0.1) is 0 Å². The summed E-state index contributed by atoms with van der Waals surface area (Å²) in [7, 11) is 0. The minimum Gasteiger partial charge on any atom is -0.457 e. The Balaban J connectivity index is 1.29. The number of nitrogens with zero attached hydrogens (tertiary/aromatic N) is 2. The SMILES string of the molecule is O=C(C=Cc1ccc(-c2cccc(Cl)c2Cl)o1)Nc1ccc2oc(-c3cccnc3)nc2c1. The Kier molecular flexibility index (Phi) is 5.69. The molecule has 0 atom stereocenters. The number of nitrogens with one attached hydrogen (secondary N) is 1. The highest BCUT2D eigenvalue weighted by atomic mass is 35.5. The van der Waals surface area contributed by atoms with Crippen LogP contribution in [0.3, 0.4) is 0 Å². The second-order valence-electron chi connectivity index (χ2n) is 7.07. The summed E-state index contributed by atoms with van der Waals surface area (Å²) in [6.45, 7) is 0. The van der Waals surface area contributed by atoms with Crippen LogP contribution < -0.4 is 5.32 Å². The van der Waals surface area contributed by atoms with Crippen LogP contribution in [0.15, 0.2) is 88.0 Å². The molecule has 1 amide bonds. The van der Waals surface area contributed by atoms with Crippen molar-refractivity contribution >= 4 is 52.0 Å². The summed E-state index contributed by atoms with van der Waals surface area (Å²) in [6, 6.07) is 17.8. The zero-order valence-electron chi connectivity index (χ0n) is 17.0. The zero-order valence-corrected chi connectivity index (χ0v) is 18.5. The van der Waals surface area contributed by atoms with E-state index in [2.05, 4.69) is 15.3 Å². The van der Waals surface area contributed by atoms with Gasteiger partial charge in [-0.05, 0) is 60.7 Å². The highest BCUT2D eigenvalue weighted by Crippen LogP contribution is 2.34. The lowest BCUT2D eigenvalue weighted by Crippen LogP contribution is -2.07. The van der Waals surface area contributed by atoms with Crippen molar-refractivity contribution in [1.29, 1.82) is 0 Å². The maximum atomic E-state index is 12.4. The van der Waals surface area contributed by atoms with E-state index in [0.717, 1.165) is 5.56 Å². The summed E-state index contributed by atoms with van der Waals surface area (Å²) >= 11 is 12.3. The van der Waals surface area contributed by atoms with Gasteiger partial charge in [-0.1, -0.05) is 29.3 Å². The van der Waals surface area contributed by atoms with E-state index in [0.29, 0.717) is 49.8 Å². The molecule has 3 heterocycles. The Hall–Kier alpha value is -3.87. The number of aromatic nitrogens is 2. The number of oxazole rings is 1. The number of pyridine rings is 1. The van der Waals surface area contributed by atoms with Crippen LogP contribution in [0.1, 0.15) is 5.76 Å². The smallest absolute Gasteiger partial charge is 0.248 e. The zero-order chi connectivity index (χ0) is 22.8. The monoisotopic (exact) mass is 475 g/mol.